The highest BCUT2D eigenvalue weighted by atomic mass is 16.7. The third kappa shape index (κ3) is 3.65. The SMILES string of the molecule is CN(Cc1ccc2c(c1)OCO2)C(=O)c1cnc2onc(CC(C)(C)C)c2c1. The van der Waals surface area contributed by atoms with E-state index < -0.39 is 0 Å². The average Bonchev–Trinajstić information content (AvgIpc) is 3.26. The Morgan fingerprint density at radius 1 is 1.18 bits per heavy atom. The maximum absolute atomic E-state index is 12.9. The van der Waals surface area contributed by atoms with Crippen molar-refractivity contribution in [2.45, 2.75) is 33.7 Å². The van der Waals surface area contributed by atoms with E-state index in [-0.39, 0.29) is 18.1 Å². The number of pyridine rings is 1. The summed E-state index contributed by atoms with van der Waals surface area (Å²) in [7, 11) is 1.76. The number of nitrogens with zero attached hydrogens (tertiary/aromatic N) is 3. The van der Waals surface area contributed by atoms with Crippen molar-refractivity contribution >= 4 is 17.0 Å². The van der Waals surface area contributed by atoms with Crippen LogP contribution in [0.3, 0.4) is 0 Å². The Labute approximate surface area is 163 Å². The standard InChI is InChI=1S/C21H23N3O4/c1-21(2,3)9-16-15-8-14(10-22-19(15)28-23-16)20(25)24(4)11-13-5-6-17-18(7-13)27-12-26-17/h5-8,10H,9,11-12H2,1-4H3. The minimum absolute atomic E-state index is 0.0555. The molecular weight excluding hydrogens is 358 g/mol. The number of benzene rings is 1. The van der Waals surface area contributed by atoms with Crippen LogP contribution in [-0.2, 0) is 13.0 Å². The lowest BCUT2D eigenvalue weighted by molar-refractivity contribution is 0.0784. The molecule has 28 heavy (non-hydrogen) atoms. The van der Waals surface area contributed by atoms with Crippen molar-refractivity contribution in [2.24, 2.45) is 5.41 Å². The van der Waals surface area contributed by atoms with E-state index in [9.17, 15) is 4.79 Å². The zero-order valence-electron chi connectivity index (χ0n) is 16.5. The highest BCUT2D eigenvalue weighted by Crippen LogP contribution is 2.33. The van der Waals surface area contributed by atoms with Gasteiger partial charge < -0.3 is 18.9 Å². The molecule has 3 heterocycles. The summed E-state index contributed by atoms with van der Waals surface area (Å²) >= 11 is 0. The highest BCUT2D eigenvalue weighted by Gasteiger charge is 2.21. The number of amides is 1. The first-order valence-corrected chi connectivity index (χ1v) is 9.18. The lowest BCUT2D eigenvalue weighted by atomic mass is 9.90. The molecule has 0 atom stereocenters. The Morgan fingerprint density at radius 3 is 2.75 bits per heavy atom. The van der Waals surface area contributed by atoms with E-state index >= 15 is 0 Å². The molecule has 0 unspecified atom stereocenters. The van der Waals surface area contributed by atoms with Crippen molar-refractivity contribution in [1.29, 1.82) is 0 Å². The number of aromatic nitrogens is 2. The summed E-state index contributed by atoms with van der Waals surface area (Å²) in [6, 6.07) is 7.51. The Balaban J connectivity index is 1.55. The average molecular weight is 381 g/mol. The molecule has 0 bridgehead atoms. The van der Waals surface area contributed by atoms with Crippen molar-refractivity contribution in [3.05, 3.63) is 47.3 Å². The molecule has 1 aromatic carbocycles. The van der Waals surface area contributed by atoms with Gasteiger partial charge >= 0.3 is 0 Å². The molecule has 2 aromatic heterocycles. The molecule has 3 aromatic rings. The minimum Gasteiger partial charge on any atom is -0.454 e. The van der Waals surface area contributed by atoms with Crippen LogP contribution in [0.5, 0.6) is 11.5 Å². The van der Waals surface area contributed by atoms with Crippen molar-refractivity contribution < 1.29 is 18.8 Å². The summed E-state index contributed by atoms with van der Waals surface area (Å²) < 4.78 is 16.0. The topological polar surface area (TPSA) is 77.7 Å². The van der Waals surface area contributed by atoms with Gasteiger partial charge in [-0.1, -0.05) is 32.0 Å². The zero-order chi connectivity index (χ0) is 19.9. The van der Waals surface area contributed by atoms with Crippen LogP contribution in [0.15, 0.2) is 35.0 Å². The van der Waals surface area contributed by atoms with E-state index in [0.29, 0.717) is 23.6 Å². The summed E-state index contributed by atoms with van der Waals surface area (Å²) in [6.07, 6.45) is 2.28. The predicted molar refractivity (Wildman–Crippen MR) is 103 cm³/mol. The number of hydrogen-bond donors (Lipinski definition) is 0. The van der Waals surface area contributed by atoms with Crippen molar-refractivity contribution in [1.82, 2.24) is 15.0 Å². The molecule has 4 rings (SSSR count). The maximum atomic E-state index is 12.9. The number of ether oxygens (including phenoxy) is 2. The van der Waals surface area contributed by atoms with Gasteiger partial charge in [0, 0.05) is 19.8 Å². The van der Waals surface area contributed by atoms with Crippen LogP contribution in [0, 0.1) is 5.41 Å². The van der Waals surface area contributed by atoms with Crippen LogP contribution < -0.4 is 9.47 Å². The summed E-state index contributed by atoms with van der Waals surface area (Å²) in [5.74, 6) is 1.32. The van der Waals surface area contributed by atoms with Crippen LogP contribution in [0.2, 0.25) is 0 Å². The fourth-order valence-corrected chi connectivity index (χ4v) is 3.23. The van der Waals surface area contributed by atoms with Gasteiger partial charge in [-0.15, -0.1) is 0 Å². The largest absolute Gasteiger partial charge is 0.454 e. The Hall–Kier alpha value is -3.09. The molecular formula is C21H23N3O4. The van der Waals surface area contributed by atoms with Crippen LogP contribution in [0.25, 0.3) is 11.1 Å². The van der Waals surface area contributed by atoms with Crippen molar-refractivity contribution in [2.75, 3.05) is 13.8 Å². The van der Waals surface area contributed by atoms with Crippen molar-refractivity contribution in [3.63, 3.8) is 0 Å². The molecule has 7 heteroatoms. The summed E-state index contributed by atoms with van der Waals surface area (Å²) in [5.41, 5.74) is 2.80. The van der Waals surface area contributed by atoms with Gasteiger partial charge in [0.25, 0.3) is 11.6 Å². The quantitative estimate of drug-likeness (QED) is 0.684. The molecule has 0 N–H and O–H groups in total. The number of fused-ring (bicyclic) bond motifs is 2. The summed E-state index contributed by atoms with van der Waals surface area (Å²) in [5, 5.41) is 4.93. The Kier molecular flexibility index (Phi) is 4.45. The van der Waals surface area contributed by atoms with Crippen LogP contribution in [-0.4, -0.2) is 34.8 Å². The van der Waals surface area contributed by atoms with Gasteiger partial charge in [0.2, 0.25) is 6.79 Å². The Morgan fingerprint density at radius 2 is 1.96 bits per heavy atom. The fraction of sp³-hybridized carbons (Fsp3) is 0.381. The van der Waals surface area contributed by atoms with E-state index in [1.54, 1.807) is 11.9 Å². The third-order valence-corrected chi connectivity index (χ3v) is 4.55. The highest BCUT2D eigenvalue weighted by molar-refractivity contribution is 5.96. The number of carbonyl (C=O) groups excluding carboxylic acids is 1. The lowest BCUT2D eigenvalue weighted by Gasteiger charge is -2.18. The second kappa shape index (κ2) is 6.82. The molecule has 0 radical (unpaired) electrons. The van der Waals surface area contributed by atoms with Gasteiger partial charge in [0.05, 0.1) is 16.6 Å². The number of rotatable bonds is 4. The minimum atomic E-state index is -0.116. The molecule has 0 fully saturated rings. The number of hydrogen-bond acceptors (Lipinski definition) is 6. The third-order valence-electron chi connectivity index (χ3n) is 4.55. The fourth-order valence-electron chi connectivity index (χ4n) is 3.23. The van der Waals surface area contributed by atoms with Gasteiger partial charge in [0.1, 0.15) is 0 Å². The summed E-state index contributed by atoms with van der Waals surface area (Å²) in [4.78, 5) is 18.9. The monoisotopic (exact) mass is 381 g/mol. The smallest absolute Gasteiger partial charge is 0.257 e. The van der Waals surface area contributed by atoms with E-state index in [4.69, 9.17) is 14.0 Å². The van der Waals surface area contributed by atoms with E-state index in [0.717, 1.165) is 28.8 Å². The molecule has 1 aliphatic heterocycles. The molecule has 1 aliphatic rings. The first-order valence-electron chi connectivity index (χ1n) is 9.18. The van der Waals surface area contributed by atoms with Gasteiger partial charge in [-0.05, 0) is 35.6 Å². The lowest BCUT2D eigenvalue weighted by Crippen LogP contribution is -2.26. The first-order chi connectivity index (χ1) is 13.3. The van der Waals surface area contributed by atoms with Gasteiger partial charge in [0.15, 0.2) is 11.5 Å². The number of carbonyl (C=O) groups is 1. The predicted octanol–water partition coefficient (Wildman–Crippen LogP) is 3.81. The van der Waals surface area contributed by atoms with Gasteiger partial charge in [-0.25, -0.2) is 4.98 Å². The van der Waals surface area contributed by atoms with Crippen LogP contribution in [0.1, 0.15) is 42.4 Å². The molecule has 0 spiro atoms. The zero-order valence-corrected chi connectivity index (χ0v) is 16.5. The van der Waals surface area contributed by atoms with Crippen LogP contribution in [0.4, 0.5) is 0 Å². The molecule has 0 aliphatic carbocycles. The Bertz CT molecular complexity index is 1040. The van der Waals surface area contributed by atoms with E-state index in [1.807, 2.05) is 24.3 Å². The van der Waals surface area contributed by atoms with E-state index in [2.05, 4.69) is 30.9 Å². The second-order valence-corrected chi connectivity index (χ2v) is 8.29. The molecule has 7 nitrogen and oxygen atoms in total. The molecule has 146 valence electrons. The van der Waals surface area contributed by atoms with Crippen LogP contribution >= 0.6 is 0 Å². The van der Waals surface area contributed by atoms with Gasteiger partial charge in [-0.3, -0.25) is 4.79 Å². The summed E-state index contributed by atoms with van der Waals surface area (Å²) in [6.45, 7) is 7.08. The first kappa shape index (κ1) is 18.3. The molecule has 0 saturated heterocycles. The molecule has 1 amide bonds. The van der Waals surface area contributed by atoms with Crippen molar-refractivity contribution in [3.8, 4) is 11.5 Å². The normalized spacial score (nSPS) is 13.1. The maximum Gasteiger partial charge on any atom is 0.257 e. The molecule has 0 saturated carbocycles. The van der Waals surface area contributed by atoms with Gasteiger partial charge in [-0.2, -0.15) is 0 Å². The van der Waals surface area contributed by atoms with E-state index in [1.165, 1.54) is 6.20 Å². The second-order valence-electron chi connectivity index (χ2n) is 8.29.